The predicted molar refractivity (Wildman–Crippen MR) is 127 cm³/mol. The Morgan fingerprint density at radius 2 is 2.09 bits per heavy atom. The average Bonchev–Trinajstić information content (AvgIpc) is 3.56. The van der Waals surface area contributed by atoms with Gasteiger partial charge in [0.05, 0.1) is 12.4 Å². The number of carbonyl (C=O) groups excluding carboxylic acids is 1. The Labute approximate surface area is 200 Å². The number of fused-ring (bicyclic) bond motifs is 1. The lowest BCUT2D eigenvalue weighted by Gasteiger charge is -2.29. The smallest absolute Gasteiger partial charge is 0.217 e. The van der Waals surface area contributed by atoms with Gasteiger partial charge in [0, 0.05) is 23.3 Å². The van der Waals surface area contributed by atoms with Crippen molar-refractivity contribution < 1.29 is 19.7 Å². The first-order valence-electron chi connectivity index (χ1n) is 11.5. The summed E-state index contributed by atoms with van der Waals surface area (Å²) in [6.45, 7) is 0. The fourth-order valence-electron chi connectivity index (χ4n) is 4.78. The maximum atomic E-state index is 11.0. The number of carbonyl (C=O) groups is 1. The van der Waals surface area contributed by atoms with E-state index in [0.29, 0.717) is 35.7 Å². The van der Waals surface area contributed by atoms with E-state index in [1.807, 2.05) is 0 Å². The largest absolute Gasteiger partial charge is 0.388 e. The second kappa shape index (κ2) is 9.79. The highest BCUT2D eigenvalue weighted by Crippen LogP contribution is 2.36. The number of aliphatic hydroxyl groups is 2. The van der Waals surface area contributed by atoms with Crippen LogP contribution in [0.15, 0.2) is 42.3 Å². The number of allylic oxidation sites excluding steroid dienone is 1. The molecular formula is C23H28N6O4S. The van der Waals surface area contributed by atoms with E-state index in [4.69, 9.17) is 10.5 Å². The van der Waals surface area contributed by atoms with E-state index >= 15 is 0 Å². The number of aliphatic hydroxyl groups excluding tert-OH is 2. The van der Waals surface area contributed by atoms with E-state index in [9.17, 15) is 15.0 Å². The third kappa shape index (κ3) is 4.43. The molecule has 5 rings (SSSR count). The van der Waals surface area contributed by atoms with Gasteiger partial charge in [0.25, 0.3) is 0 Å². The minimum atomic E-state index is -1.16. The molecule has 3 aromatic heterocycles. The van der Waals surface area contributed by atoms with Crippen LogP contribution in [0.25, 0.3) is 11.2 Å². The number of amides is 1. The van der Waals surface area contributed by atoms with Gasteiger partial charge >= 0.3 is 0 Å². The molecule has 0 saturated carbocycles. The molecular weight excluding hydrogens is 456 g/mol. The quantitative estimate of drug-likeness (QED) is 0.355. The number of nitrogens with one attached hydrogen (secondary N) is 1. The monoisotopic (exact) mass is 484 g/mol. The standard InChI is InChI=1S/C23H28N6O4S/c24-17(30)9-3-7-15-19(31)20(32)23(33-15)29-12-27-18-21(25-11-26-22(18)29)28-14-6-2-1-5-13(14)16-8-4-10-34-16/h1-2,4,8,10-15,19-20,23,31-32H,3,5-7,9H2,(H2,24,30)(H,25,26,28)/t13?,14?,15-,19?,20?,23-/m1/s1. The van der Waals surface area contributed by atoms with E-state index in [-0.39, 0.29) is 12.5 Å². The summed E-state index contributed by atoms with van der Waals surface area (Å²) in [6, 6.07) is 4.40. The van der Waals surface area contributed by atoms with Gasteiger partial charge < -0.3 is 26.0 Å². The molecule has 4 heterocycles. The van der Waals surface area contributed by atoms with Gasteiger partial charge in [-0.25, -0.2) is 15.0 Å². The zero-order valence-corrected chi connectivity index (χ0v) is 19.3. The van der Waals surface area contributed by atoms with Crippen molar-refractivity contribution in [1.29, 1.82) is 0 Å². The number of nitrogens with zero attached hydrogens (tertiary/aromatic N) is 4. The number of hydrogen-bond acceptors (Lipinski definition) is 9. The number of ether oxygens (including phenoxy) is 1. The molecule has 1 amide bonds. The number of aromatic nitrogens is 4. The van der Waals surface area contributed by atoms with Crippen molar-refractivity contribution in [2.24, 2.45) is 5.73 Å². The zero-order valence-electron chi connectivity index (χ0n) is 18.5. The Bertz CT molecular complexity index is 1170. The fourth-order valence-corrected chi connectivity index (χ4v) is 5.69. The molecule has 6 atom stereocenters. The molecule has 34 heavy (non-hydrogen) atoms. The van der Waals surface area contributed by atoms with Crippen molar-refractivity contribution in [2.75, 3.05) is 5.32 Å². The van der Waals surface area contributed by atoms with Crippen LogP contribution in [0.4, 0.5) is 5.82 Å². The van der Waals surface area contributed by atoms with Crippen LogP contribution in [0.2, 0.25) is 0 Å². The van der Waals surface area contributed by atoms with Gasteiger partial charge in [0.15, 0.2) is 23.2 Å². The van der Waals surface area contributed by atoms with E-state index in [1.54, 1.807) is 22.2 Å². The zero-order chi connectivity index (χ0) is 23.7. The molecule has 0 bridgehead atoms. The summed E-state index contributed by atoms with van der Waals surface area (Å²) in [4.78, 5) is 25.7. The highest BCUT2D eigenvalue weighted by Gasteiger charge is 2.44. The Hall–Kier alpha value is -2.86. The predicted octanol–water partition coefficient (Wildman–Crippen LogP) is 2.08. The molecule has 0 radical (unpaired) electrons. The van der Waals surface area contributed by atoms with Gasteiger partial charge in [-0.1, -0.05) is 18.2 Å². The van der Waals surface area contributed by atoms with Crippen LogP contribution in [0.3, 0.4) is 0 Å². The summed E-state index contributed by atoms with van der Waals surface area (Å²) >= 11 is 1.76. The van der Waals surface area contributed by atoms with Crippen molar-refractivity contribution in [3.8, 4) is 0 Å². The Morgan fingerprint density at radius 3 is 2.88 bits per heavy atom. The maximum absolute atomic E-state index is 11.0. The number of thiophene rings is 1. The summed E-state index contributed by atoms with van der Waals surface area (Å²) < 4.78 is 7.59. The fraction of sp³-hybridized carbons (Fsp3) is 0.478. The number of rotatable bonds is 8. The van der Waals surface area contributed by atoms with Gasteiger partial charge in [-0.2, -0.15) is 0 Å². The lowest BCUT2D eigenvalue weighted by Crippen LogP contribution is -2.31. The first-order chi connectivity index (χ1) is 16.5. The van der Waals surface area contributed by atoms with Crippen molar-refractivity contribution >= 4 is 34.2 Å². The second-order valence-corrected chi connectivity index (χ2v) is 9.75. The Balaban J connectivity index is 1.36. The van der Waals surface area contributed by atoms with Gasteiger partial charge in [-0.05, 0) is 37.1 Å². The molecule has 5 N–H and O–H groups in total. The maximum Gasteiger partial charge on any atom is 0.217 e. The van der Waals surface area contributed by atoms with Crippen molar-refractivity contribution in [3.05, 3.63) is 47.2 Å². The minimum absolute atomic E-state index is 0.164. The summed E-state index contributed by atoms with van der Waals surface area (Å²) in [6.07, 6.45) is 6.61. The summed E-state index contributed by atoms with van der Waals surface area (Å²) in [5.74, 6) is 0.557. The van der Waals surface area contributed by atoms with Crippen LogP contribution < -0.4 is 11.1 Å². The van der Waals surface area contributed by atoms with Crippen LogP contribution in [-0.2, 0) is 9.53 Å². The van der Waals surface area contributed by atoms with Crippen LogP contribution in [0.1, 0.15) is 49.1 Å². The first-order valence-corrected chi connectivity index (χ1v) is 12.3. The average molecular weight is 485 g/mol. The van der Waals surface area contributed by atoms with Crippen LogP contribution in [0.5, 0.6) is 0 Å². The molecule has 11 heteroatoms. The topological polar surface area (TPSA) is 148 Å². The van der Waals surface area contributed by atoms with E-state index in [2.05, 4.69) is 49.9 Å². The lowest BCUT2D eigenvalue weighted by atomic mass is 9.88. The van der Waals surface area contributed by atoms with E-state index < -0.39 is 30.4 Å². The van der Waals surface area contributed by atoms with Crippen LogP contribution in [-0.4, -0.2) is 60.0 Å². The summed E-state index contributed by atoms with van der Waals surface area (Å²) in [7, 11) is 0. The molecule has 3 aromatic rings. The molecule has 2 aliphatic rings. The first kappa shape index (κ1) is 22.9. The van der Waals surface area contributed by atoms with Crippen molar-refractivity contribution in [3.63, 3.8) is 0 Å². The normalized spacial score (nSPS) is 29.0. The minimum Gasteiger partial charge on any atom is -0.388 e. The second-order valence-electron chi connectivity index (χ2n) is 8.77. The van der Waals surface area contributed by atoms with Gasteiger partial charge in [0.1, 0.15) is 18.5 Å². The highest BCUT2D eigenvalue weighted by molar-refractivity contribution is 7.10. The molecule has 1 saturated heterocycles. The Morgan fingerprint density at radius 1 is 1.24 bits per heavy atom. The molecule has 10 nitrogen and oxygen atoms in total. The summed E-state index contributed by atoms with van der Waals surface area (Å²) in [5, 5.41) is 26.8. The molecule has 0 spiro atoms. The van der Waals surface area contributed by atoms with Gasteiger partial charge in [-0.15, -0.1) is 11.3 Å². The number of nitrogens with two attached hydrogens (primary N) is 1. The molecule has 1 fully saturated rings. The van der Waals surface area contributed by atoms with Gasteiger partial charge in [-0.3, -0.25) is 9.36 Å². The van der Waals surface area contributed by atoms with E-state index in [0.717, 1.165) is 12.8 Å². The van der Waals surface area contributed by atoms with Crippen LogP contribution >= 0.6 is 11.3 Å². The molecule has 4 unspecified atom stereocenters. The summed E-state index contributed by atoms with van der Waals surface area (Å²) in [5.41, 5.74) is 6.27. The molecule has 1 aliphatic carbocycles. The van der Waals surface area contributed by atoms with Crippen LogP contribution in [0, 0.1) is 0 Å². The van der Waals surface area contributed by atoms with Crippen molar-refractivity contribution in [2.45, 2.75) is 68.6 Å². The van der Waals surface area contributed by atoms with Crippen molar-refractivity contribution in [1.82, 2.24) is 19.5 Å². The Kier molecular flexibility index (Phi) is 6.59. The highest BCUT2D eigenvalue weighted by atomic mass is 32.1. The third-order valence-electron chi connectivity index (χ3n) is 6.55. The van der Waals surface area contributed by atoms with E-state index in [1.165, 1.54) is 11.2 Å². The number of anilines is 1. The number of imidazole rings is 1. The molecule has 1 aliphatic heterocycles. The number of primary amides is 1. The lowest BCUT2D eigenvalue weighted by molar-refractivity contribution is -0.118. The SMILES string of the molecule is NC(=O)CCC[C@H]1O[C@@H](n2cnc3c(NC4CC=CCC4c4cccs4)ncnc32)C(O)C1O. The molecule has 180 valence electrons. The molecule has 0 aromatic carbocycles. The number of hydrogen-bond donors (Lipinski definition) is 4. The third-order valence-corrected chi connectivity index (χ3v) is 7.55. The van der Waals surface area contributed by atoms with Gasteiger partial charge in [0.2, 0.25) is 5.91 Å².